The summed E-state index contributed by atoms with van der Waals surface area (Å²) in [6, 6.07) is 12.9. The first-order valence-electron chi connectivity index (χ1n) is 7.64. The predicted octanol–water partition coefficient (Wildman–Crippen LogP) is 2.01. The predicted molar refractivity (Wildman–Crippen MR) is 92.5 cm³/mol. The van der Waals surface area contributed by atoms with Crippen molar-refractivity contribution in [1.82, 2.24) is 5.32 Å². The lowest BCUT2D eigenvalue weighted by Crippen LogP contribution is -2.26. The van der Waals surface area contributed by atoms with Crippen molar-refractivity contribution in [1.29, 1.82) is 0 Å². The minimum atomic E-state index is -0.177. The van der Waals surface area contributed by atoms with E-state index in [1.807, 2.05) is 49.3 Å². The maximum atomic E-state index is 12.3. The molecule has 3 rings (SSSR count). The van der Waals surface area contributed by atoms with E-state index in [0.29, 0.717) is 23.5 Å². The molecule has 24 heavy (non-hydrogen) atoms. The molecule has 6 nitrogen and oxygen atoms in total. The van der Waals surface area contributed by atoms with Crippen LogP contribution in [0.5, 0.6) is 5.75 Å². The van der Waals surface area contributed by atoms with Gasteiger partial charge in [-0.05, 0) is 35.9 Å². The molecule has 0 saturated heterocycles. The number of carbonyl (C=O) groups is 2. The standard InChI is InChI=1S/C18H19N3O3/c1-21(2)14-5-3-4-13(9-14)18(23)19-10-12-6-7-16-15(8-12)20-17(22)11-24-16/h3-9H,10-11H2,1-2H3,(H,19,23)(H,20,22). The van der Waals surface area contributed by atoms with E-state index < -0.39 is 0 Å². The van der Waals surface area contributed by atoms with Crippen LogP contribution in [0.25, 0.3) is 0 Å². The smallest absolute Gasteiger partial charge is 0.262 e. The summed E-state index contributed by atoms with van der Waals surface area (Å²) in [6.07, 6.45) is 0. The molecule has 0 atom stereocenters. The molecule has 1 heterocycles. The Morgan fingerprint density at radius 2 is 2.08 bits per heavy atom. The number of rotatable bonds is 4. The number of fused-ring (bicyclic) bond motifs is 1. The topological polar surface area (TPSA) is 70.7 Å². The molecular formula is C18H19N3O3. The zero-order valence-corrected chi connectivity index (χ0v) is 13.6. The molecule has 2 N–H and O–H groups in total. The van der Waals surface area contributed by atoms with Gasteiger partial charge in [0.15, 0.2) is 6.61 Å². The molecule has 124 valence electrons. The van der Waals surface area contributed by atoms with Crippen molar-refractivity contribution in [2.24, 2.45) is 0 Å². The van der Waals surface area contributed by atoms with Crippen LogP contribution in [-0.2, 0) is 11.3 Å². The molecule has 0 bridgehead atoms. The van der Waals surface area contributed by atoms with E-state index in [-0.39, 0.29) is 18.4 Å². The van der Waals surface area contributed by atoms with Gasteiger partial charge in [-0.1, -0.05) is 12.1 Å². The Bertz CT molecular complexity index is 787. The van der Waals surface area contributed by atoms with Gasteiger partial charge in [-0.3, -0.25) is 9.59 Å². The molecular weight excluding hydrogens is 306 g/mol. The van der Waals surface area contributed by atoms with E-state index >= 15 is 0 Å². The van der Waals surface area contributed by atoms with Crippen LogP contribution >= 0.6 is 0 Å². The van der Waals surface area contributed by atoms with Crippen LogP contribution in [0.2, 0.25) is 0 Å². The Hall–Kier alpha value is -3.02. The summed E-state index contributed by atoms with van der Waals surface area (Å²) in [4.78, 5) is 25.6. The van der Waals surface area contributed by atoms with Crippen LogP contribution in [-0.4, -0.2) is 32.5 Å². The maximum Gasteiger partial charge on any atom is 0.262 e. The fourth-order valence-electron chi connectivity index (χ4n) is 2.45. The molecule has 2 aromatic rings. The third-order valence-corrected chi connectivity index (χ3v) is 3.75. The van der Waals surface area contributed by atoms with Crippen molar-refractivity contribution in [3.63, 3.8) is 0 Å². The molecule has 1 aliphatic rings. The van der Waals surface area contributed by atoms with Gasteiger partial charge in [-0.2, -0.15) is 0 Å². The van der Waals surface area contributed by atoms with Crippen LogP contribution < -0.4 is 20.3 Å². The number of nitrogens with one attached hydrogen (secondary N) is 2. The van der Waals surface area contributed by atoms with Gasteiger partial charge in [-0.25, -0.2) is 0 Å². The summed E-state index contributed by atoms with van der Waals surface area (Å²) in [5, 5.41) is 5.65. The Morgan fingerprint density at radius 3 is 2.88 bits per heavy atom. The molecule has 0 unspecified atom stereocenters. The fourth-order valence-corrected chi connectivity index (χ4v) is 2.45. The van der Waals surface area contributed by atoms with E-state index in [1.165, 1.54) is 0 Å². The third-order valence-electron chi connectivity index (χ3n) is 3.75. The molecule has 1 aliphatic heterocycles. The van der Waals surface area contributed by atoms with Gasteiger partial charge in [0.25, 0.3) is 11.8 Å². The molecule has 6 heteroatoms. The molecule has 2 amide bonds. The summed E-state index contributed by atoms with van der Waals surface area (Å²) < 4.78 is 5.32. The number of benzene rings is 2. The Morgan fingerprint density at radius 1 is 1.25 bits per heavy atom. The second kappa shape index (κ2) is 6.62. The van der Waals surface area contributed by atoms with Crippen LogP contribution in [0.1, 0.15) is 15.9 Å². The molecule has 0 fully saturated rings. The van der Waals surface area contributed by atoms with E-state index in [1.54, 1.807) is 12.1 Å². The van der Waals surface area contributed by atoms with Gasteiger partial charge in [-0.15, -0.1) is 0 Å². The first-order chi connectivity index (χ1) is 11.5. The van der Waals surface area contributed by atoms with Crippen molar-refractivity contribution < 1.29 is 14.3 Å². The van der Waals surface area contributed by atoms with Crippen molar-refractivity contribution in [2.45, 2.75) is 6.54 Å². The van der Waals surface area contributed by atoms with Gasteiger partial charge in [0.05, 0.1) is 5.69 Å². The number of amides is 2. The van der Waals surface area contributed by atoms with Crippen molar-refractivity contribution >= 4 is 23.2 Å². The third kappa shape index (κ3) is 3.48. The van der Waals surface area contributed by atoms with Gasteiger partial charge >= 0.3 is 0 Å². The monoisotopic (exact) mass is 325 g/mol. The average Bonchev–Trinajstić information content (AvgIpc) is 2.59. The van der Waals surface area contributed by atoms with Crippen LogP contribution in [0, 0.1) is 0 Å². The quantitative estimate of drug-likeness (QED) is 0.902. The second-order valence-corrected chi connectivity index (χ2v) is 5.79. The lowest BCUT2D eigenvalue weighted by Gasteiger charge is -2.18. The van der Waals surface area contributed by atoms with E-state index in [4.69, 9.17) is 4.74 Å². The van der Waals surface area contributed by atoms with E-state index in [0.717, 1.165) is 11.3 Å². The highest BCUT2D eigenvalue weighted by molar-refractivity contribution is 5.96. The van der Waals surface area contributed by atoms with Crippen LogP contribution in [0.15, 0.2) is 42.5 Å². The van der Waals surface area contributed by atoms with Crippen LogP contribution in [0.4, 0.5) is 11.4 Å². The first kappa shape index (κ1) is 15.9. The Balaban J connectivity index is 1.67. The largest absolute Gasteiger partial charge is 0.482 e. The van der Waals surface area contributed by atoms with Crippen molar-refractivity contribution in [2.75, 3.05) is 30.9 Å². The Kier molecular flexibility index (Phi) is 4.37. The highest BCUT2D eigenvalue weighted by Crippen LogP contribution is 2.28. The highest BCUT2D eigenvalue weighted by atomic mass is 16.5. The SMILES string of the molecule is CN(C)c1cccc(C(=O)NCc2ccc3c(c2)NC(=O)CO3)c1. The summed E-state index contributed by atoms with van der Waals surface area (Å²) >= 11 is 0. The average molecular weight is 325 g/mol. The molecule has 0 spiro atoms. The number of hydrogen-bond donors (Lipinski definition) is 2. The number of ether oxygens (including phenoxy) is 1. The fraction of sp³-hybridized carbons (Fsp3) is 0.222. The Labute approximate surface area is 140 Å². The lowest BCUT2D eigenvalue weighted by molar-refractivity contribution is -0.118. The van der Waals surface area contributed by atoms with Gasteiger partial charge < -0.3 is 20.3 Å². The maximum absolute atomic E-state index is 12.3. The number of anilines is 2. The lowest BCUT2D eigenvalue weighted by atomic mass is 10.1. The summed E-state index contributed by atoms with van der Waals surface area (Å²) in [6.45, 7) is 0.402. The summed E-state index contributed by atoms with van der Waals surface area (Å²) in [5.74, 6) is 0.323. The number of nitrogens with zero attached hydrogens (tertiary/aromatic N) is 1. The van der Waals surface area contributed by atoms with Gasteiger partial charge in [0.2, 0.25) is 0 Å². The molecule has 0 aromatic heterocycles. The van der Waals surface area contributed by atoms with Crippen molar-refractivity contribution in [3.8, 4) is 5.75 Å². The number of carbonyl (C=O) groups excluding carboxylic acids is 2. The summed E-state index contributed by atoms with van der Waals surface area (Å²) in [7, 11) is 3.86. The second-order valence-electron chi connectivity index (χ2n) is 5.79. The molecule has 2 aromatic carbocycles. The first-order valence-corrected chi connectivity index (χ1v) is 7.64. The molecule has 0 radical (unpaired) electrons. The normalized spacial score (nSPS) is 12.7. The molecule has 0 aliphatic carbocycles. The zero-order chi connectivity index (χ0) is 17.1. The molecule has 0 saturated carbocycles. The highest BCUT2D eigenvalue weighted by Gasteiger charge is 2.16. The number of hydrogen-bond acceptors (Lipinski definition) is 4. The zero-order valence-electron chi connectivity index (χ0n) is 13.6. The minimum Gasteiger partial charge on any atom is -0.482 e. The minimum absolute atomic E-state index is 0.0330. The van der Waals surface area contributed by atoms with E-state index in [2.05, 4.69) is 10.6 Å². The van der Waals surface area contributed by atoms with Crippen molar-refractivity contribution in [3.05, 3.63) is 53.6 Å². The van der Waals surface area contributed by atoms with E-state index in [9.17, 15) is 9.59 Å². The summed E-state index contributed by atoms with van der Waals surface area (Å²) in [5.41, 5.74) is 3.09. The van der Waals surface area contributed by atoms with Crippen LogP contribution in [0.3, 0.4) is 0 Å². The van der Waals surface area contributed by atoms with Gasteiger partial charge in [0.1, 0.15) is 5.75 Å². The van der Waals surface area contributed by atoms with Gasteiger partial charge in [0, 0.05) is 31.9 Å².